The fourth-order valence-corrected chi connectivity index (χ4v) is 12.1. The number of hydrogen-bond donors (Lipinski definition) is 7. The van der Waals surface area contributed by atoms with E-state index < -0.39 is 96.0 Å². The van der Waals surface area contributed by atoms with Crippen LogP contribution in [0.2, 0.25) is 0 Å². The number of aromatic amines is 1. The molecule has 3 aromatic carbocycles. The highest BCUT2D eigenvalue weighted by Gasteiger charge is 2.44. The van der Waals surface area contributed by atoms with Crippen LogP contribution in [-0.4, -0.2) is 156 Å². The van der Waals surface area contributed by atoms with Gasteiger partial charge in [0.25, 0.3) is 0 Å². The van der Waals surface area contributed by atoms with Gasteiger partial charge in [-0.2, -0.15) is 0 Å². The molecular formula is C66H97N9O12. The number of nitrogens with one attached hydrogen (secondary N) is 4. The zero-order valence-electron chi connectivity index (χ0n) is 53.1. The van der Waals surface area contributed by atoms with Crippen LogP contribution in [0.15, 0.2) is 85.1 Å². The molecule has 1 aliphatic rings. The van der Waals surface area contributed by atoms with Crippen molar-refractivity contribution in [1.29, 1.82) is 0 Å². The Morgan fingerprint density at radius 3 is 2.08 bits per heavy atom. The number of H-pyrrole nitrogens is 1. The molecule has 478 valence electrons. The van der Waals surface area contributed by atoms with E-state index in [1.54, 1.807) is 62.1 Å². The Morgan fingerprint density at radius 1 is 0.793 bits per heavy atom. The van der Waals surface area contributed by atoms with Gasteiger partial charge in [0.15, 0.2) is 5.78 Å². The van der Waals surface area contributed by atoms with Crippen molar-refractivity contribution in [2.45, 2.75) is 168 Å². The van der Waals surface area contributed by atoms with Gasteiger partial charge in [-0.3, -0.25) is 33.7 Å². The van der Waals surface area contributed by atoms with Gasteiger partial charge < -0.3 is 61.5 Å². The van der Waals surface area contributed by atoms with E-state index in [1.165, 1.54) is 19.1 Å². The Labute approximate surface area is 513 Å². The maximum atomic E-state index is 14.8. The number of rotatable bonds is 34. The number of urea groups is 1. The van der Waals surface area contributed by atoms with Gasteiger partial charge >= 0.3 is 12.1 Å². The van der Waals surface area contributed by atoms with E-state index in [2.05, 4.69) is 20.9 Å². The molecule has 0 aliphatic carbocycles. The van der Waals surface area contributed by atoms with Crippen molar-refractivity contribution < 1.29 is 57.7 Å². The second-order valence-electron chi connectivity index (χ2n) is 24.3. The predicted octanol–water partition coefficient (Wildman–Crippen LogP) is 7.68. The number of benzene rings is 3. The third-order valence-electron chi connectivity index (χ3n) is 17.4. The van der Waals surface area contributed by atoms with Crippen LogP contribution < -0.4 is 27.4 Å². The summed E-state index contributed by atoms with van der Waals surface area (Å²) < 4.78 is 17.8. The largest absolute Gasteiger partial charge is 0.445 e. The van der Waals surface area contributed by atoms with Gasteiger partial charge in [-0.25, -0.2) is 9.59 Å². The van der Waals surface area contributed by atoms with Gasteiger partial charge in [0.1, 0.15) is 24.5 Å². The molecule has 12 atom stereocenters. The minimum absolute atomic E-state index is 0.0609. The molecule has 7 amide bonds. The normalized spacial score (nSPS) is 17.2. The number of hydrogen-bond acceptors (Lipinski definition) is 13. The second kappa shape index (κ2) is 33.8. The van der Waals surface area contributed by atoms with Crippen LogP contribution in [0.1, 0.15) is 130 Å². The molecular weight excluding hydrogens is 1110 g/mol. The molecule has 1 fully saturated rings. The van der Waals surface area contributed by atoms with Crippen molar-refractivity contribution in [3.63, 3.8) is 0 Å². The lowest BCUT2D eigenvalue weighted by atomic mass is 9.85. The maximum absolute atomic E-state index is 14.8. The smallest absolute Gasteiger partial charge is 0.410 e. The van der Waals surface area contributed by atoms with E-state index >= 15 is 0 Å². The van der Waals surface area contributed by atoms with Gasteiger partial charge in [-0.05, 0) is 90.7 Å². The monoisotopic (exact) mass is 1210 g/mol. The quantitative estimate of drug-likeness (QED) is 0.0221. The predicted molar refractivity (Wildman–Crippen MR) is 335 cm³/mol. The van der Waals surface area contributed by atoms with Crippen LogP contribution in [-0.2, 0) is 56.0 Å². The molecule has 0 radical (unpaired) electrons. The highest BCUT2D eigenvalue weighted by atomic mass is 16.6. The number of carbonyl (C=O) groups excluding carboxylic acids is 8. The number of para-hydroxylation sites is 1. The first-order chi connectivity index (χ1) is 41.3. The number of methoxy groups -OCH3 is 2. The van der Waals surface area contributed by atoms with Gasteiger partial charge in [0.2, 0.25) is 23.6 Å². The SMILES string of the molecule is CC[C@H](C)[C@@H]([C@@H](CC(=O)N1CCC[C@H]1[C@H](OC)[C@@H](C)C(=O)C[C@H](C)[C@@H](O)c1ccccc1)OC)N(C)C(=O)[C@@H](NC(=O)[C@H](C(C)C)N(C)C(=O)OCc1ccc(NC(=O)[C@H](CCCNC(N)=O)CC(=O)[C@@H](N)Cc2c[nH]c3ccccc23)cc1)C(C)C. The summed E-state index contributed by atoms with van der Waals surface area (Å²) in [7, 11) is 6.18. The van der Waals surface area contributed by atoms with E-state index in [4.69, 9.17) is 25.7 Å². The average molecular weight is 1210 g/mol. The van der Waals surface area contributed by atoms with Crippen LogP contribution in [0.4, 0.5) is 15.3 Å². The molecule has 1 aromatic heterocycles. The highest BCUT2D eigenvalue weighted by molar-refractivity contribution is 5.97. The van der Waals surface area contributed by atoms with E-state index in [1.807, 2.05) is 102 Å². The molecule has 1 saturated heterocycles. The number of ketones is 2. The van der Waals surface area contributed by atoms with Crippen LogP contribution in [0.25, 0.3) is 10.9 Å². The summed E-state index contributed by atoms with van der Waals surface area (Å²) in [5.41, 5.74) is 15.2. The molecule has 5 rings (SSSR count). The first-order valence-electron chi connectivity index (χ1n) is 30.7. The topological polar surface area (TPSA) is 298 Å². The number of nitrogens with two attached hydrogens (primary N) is 2. The van der Waals surface area contributed by atoms with Gasteiger partial charge in [0.05, 0.1) is 42.9 Å². The first-order valence-corrected chi connectivity index (χ1v) is 30.7. The fraction of sp³-hybridized carbons (Fsp3) is 0.576. The molecule has 1 aliphatic heterocycles. The molecule has 0 spiro atoms. The standard InChI is InChI=1S/C66H97N9O12/c1-13-41(6)59(55(85-11)36-56(78)75-32-20-26-52(75)61(86-12)43(8)53(76)33-42(7)60(79)45-21-15-14-16-22-45)73(9)64(82)57(39(2)3)72-63(81)58(40(4)5)74(10)66(84)87-38-44-27-29-48(30-28-44)71-62(80)46(23-19-31-69-65(68)83)35-54(77)50(67)34-47-37-70-51-25-18-17-24-49(47)51/h14-18,21-22,24-25,27-30,37,39-43,46,50,52,55,57-61,70,79H,13,19-20,23,26,31-36,38,67H2,1-12H3,(H,71,80)(H,72,81)(H3,68,69,83)/t41-,42-,43-,46+,50-,52-,55+,57-,58-,59-,60+,61+/m0/s1. The molecule has 0 unspecified atom stereocenters. The molecule has 0 bridgehead atoms. The number of anilines is 1. The summed E-state index contributed by atoms with van der Waals surface area (Å²) in [5.74, 6) is -4.56. The van der Waals surface area contributed by atoms with Crippen LogP contribution in [0.3, 0.4) is 0 Å². The Hall–Kier alpha value is -7.20. The minimum Gasteiger partial charge on any atom is -0.445 e. The molecule has 21 heteroatoms. The number of likely N-dealkylation sites (N-methyl/N-ethyl adjacent to an activating group) is 2. The third-order valence-corrected chi connectivity index (χ3v) is 17.4. The van der Waals surface area contributed by atoms with Crippen LogP contribution in [0.5, 0.6) is 0 Å². The fourth-order valence-electron chi connectivity index (χ4n) is 12.1. The van der Waals surface area contributed by atoms with Crippen molar-refractivity contribution in [1.82, 2.24) is 30.3 Å². The lowest BCUT2D eigenvalue weighted by molar-refractivity contribution is -0.148. The summed E-state index contributed by atoms with van der Waals surface area (Å²) in [5, 5.41) is 20.3. The number of carbonyl (C=O) groups is 8. The summed E-state index contributed by atoms with van der Waals surface area (Å²) >= 11 is 0. The number of likely N-dealkylation sites (tertiary alicyclic amines) is 1. The Bertz CT molecular complexity index is 2900. The number of aliphatic hydroxyl groups is 1. The average Bonchev–Trinajstić information content (AvgIpc) is 2.23. The van der Waals surface area contributed by atoms with Crippen molar-refractivity contribution in [2.24, 2.45) is 47.0 Å². The zero-order chi connectivity index (χ0) is 64.2. The third kappa shape index (κ3) is 19.4. The Morgan fingerprint density at radius 2 is 1.46 bits per heavy atom. The van der Waals surface area contributed by atoms with Crippen LogP contribution in [0, 0.1) is 35.5 Å². The van der Waals surface area contributed by atoms with Crippen molar-refractivity contribution >= 4 is 63.9 Å². The number of aromatic nitrogens is 1. The molecule has 9 N–H and O–H groups in total. The van der Waals surface area contributed by atoms with E-state index in [0.717, 1.165) is 22.0 Å². The number of Topliss-reactive ketones (excluding diaryl/α,β-unsaturated/α-hetero) is 2. The molecule has 0 saturated carbocycles. The molecule has 87 heavy (non-hydrogen) atoms. The van der Waals surface area contributed by atoms with E-state index in [9.17, 15) is 43.5 Å². The van der Waals surface area contributed by atoms with Crippen molar-refractivity contribution in [3.8, 4) is 0 Å². The van der Waals surface area contributed by atoms with E-state index in [-0.39, 0.29) is 80.6 Å². The number of primary amides is 1. The second-order valence-corrected chi connectivity index (χ2v) is 24.3. The van der Waals surface area contributed by atoms with Gasteiger partial charge in [0, 0.05) is 88.9 Å². The summed E-state index contributed by atoms with van der Waals surface area (Å²) in [6, 6.07) is 18.9. The van der Waals surface area contributed by atoms with Crippen molar-refractivity contribution in [2.75, 3.05) is 46.7 Å². The summed E-state index contributed by atoms with van der Waals surface area (Å²) in [4.78, 5) is 117. The lowest BCUT2D eigenvalue weighted by Gasteiger charge is -2.41. The van der Waals surface area contributed by atoms with Gasteiger partial charge in [-0.15, -0.1) is 0 Å². The Balaban J connectivity index is 1.19. The number of nitrogens with zero attached hydrogens (tertiary/aromatic N) is 3. The maximum Gasteiger partial charge on any atom is 0.410 e. The lowest BCUT2D eigenvalue weighted by Crippen LogP contribution is -2.60. The first kappa shape index (κ1) is 70.6. The van der Waals surface area contributed by atoms with Gasteiger partial charge in [-0.1, -0.05) is 122 Å². The Kier molecular flexibility index (Phi) is 27.4. The number of ether oxygens (including phenoxy) is 3. The van der Waals surface area contributed by atoms with Crippen LogP contribution >= 0.6 is 0 Å². The van der Waals surface area contributed by atoms with E-state index in [0.29, 0.717) is 43.5 Å². The molecule has 4 aromatic rings. The summed E-state index contributed by atoms with van der Waals surface area (Å²) in [6.07, 6.45) is 1.74. The highest BCUT2D eigenvalue weighted by Crippen LogP contribution is 2.33. The number of fused-ring (bicyclic) bond motifs is 1. The summed E-state index contributed by atoms with van der Waals surface area (Å²) in [6.45, 7) is 15.4. The number of amides is 7. The molecule has 21 nitrogen and oxygen atoms in total. The molecule has 2 heterocycles. The minimum atomic E-state index is -1.05. The van der Waals surface area contributed by atoms with Crippen molar-refractivity contribution in [3.05, 3.63) is 102 Å². The number of aliphatic hydroxyl groups excluding tert-OH is 1. The zero-order valence-corrected chi connectivity index (χ0v) is 53.1.